The SMILES string of the molecule is Cc1ccccc1C1NC(=O)c2c(C(O)CO)ccc(NC(=O)c3csc4ccccc34)c21. The Morgan fingerprint density at radius 3 is 2.67 bits per heavy atom. The summed E-state index contributed by atoms with van der Waals surface area (Å²) in [5.41, 5.74) is 4.16. The zero-order valence-electron chi connectivity index (χ0n) is 17.8. The molecule has 1 aliphatic heterocycles. The second-order valence-corrected chi connectivity index (χ2v) is 8.96. The molecule has 33 heavy (non-hydrogen) atoms. The molecular formula is C26H22N2O4S. The monoisotopic (exact) mass is 458 g/mol. The van der Waals surface area contributed by atoms with Crippen molar-refractivity contribution < 1.29 is 19.8 Å². The minimum atomic E-state index is -1.20. The van der Waals surface area contributed by atoms with Gasteiger partial charge in [0.15, 0.2) is 0 Å². The Kier molecular flexibility index (Phi) is 5.46. The third-order valence-corrected chi connectivity index (χ3v) is 7.04. The standard InChI is InChI=1S/C26H22N2O4S/c1-14-6-2-3-7-15(14)24-23-19(11-10-17(20(30)12-29)22(23)26(32)28-24)27-25(31)18-13-33-21-9-5-4-8-16(18)21/h2-11,13,20,24,29-30H,12H2,1H3,(H,27,31)(H,28,32). The van der Waals surface area contributed by atoms with E-state index in [2.05, 4.69) is 10.6 Å². The van der Waals surface area contributed by atoms with Crippen molar-refractivity contribution in [2.45, 2.75) is 19.1 Å². The van der Waals surface area contributed by atoms with Crippen molar-refractivity contribution in [3.05, 3.63) is 99.4 Å². The van der Waals surface area contributed by atoms with Crippen LogP contribution in [0.2, 0.25) is 0 Å². The number of aliphatic hydroxyl groups excluding tert-OH is 2. The van der Waals surface area contributed by atoms with Crippen LogP contribution in [0.25, 0.3) is 10.1 Å². The Bertz CT molecular complexity index is 1390. The number of aliphatic hydroxyl groups is 2. The number of aryl methyl sites for hydroxylation is 1. The van der Waals surface area contributed by atoms with Gasteiger partial charge in [-0.15, -0.1) is 11.3 Å². The molecule has 4 N–H and O–H groups in total. The van der Waals surface area contributed by atoms with Crippen molar-refractivity contribution in [3.8, 4) is 0 Å². The van der Waals surface area contributed by atoms with E-state index in [-0.39, 0.29) is 17.4 Å². The number of benzene rings is 3. The molecule has 0 aliphatic carbocycles. The van der Waals surface area contributed by atoms with Crippen molar-refractivity contribution in [3.63, 3.8) is 0 Å². The number of carbonyl (C=O) groups is 2. The highest BCUT2D eigenvalue weighted by Crippen LogP contribution is 2.41. The highest BCUT2D eigenvalue weighted by molar-refractivity contribution is 7.17. The molecule has 0 spiro atoms. The van der Waals surface area contributed by atoms with Crippen LogP contribution >= 0.6 is 11.3 Å². The fraction of sp³-hybridized carbons (Fsp3) is 0.154. The van der Waals surface area contributed by atoms with Crippen LogP contribution in [0, 0.1) is 6.92 Å². The summed E-state index contributed by atoms with van der Waals surface area (Å²) in [6.45, 7) is 1.45. The van der Waals surface area contributed by atoms with Gasteiger partial charge in [-0.25, -0.2) is 0 Å². The van der Waals surface area contributed by atoms with Gasteiger partial charge in [-0.3, -0.25) is 9.59 Å². The second-order valence-electron chi connectivity index (χ2n) is 8.05. The summed E-state index contributed by atoms with van der Waals surface area (Å²) in [7, 11) is 0. The van der Waals surface area contributed by atoms with E-state index in [0.717, 1.165) is 21.2 Å². The molecule has 7 heteroatoms. The van der Waals surface area contributed by atoms with Gasteiger partial charge in [0.2, 0.25) is 0 Å². The maximum atomic E-state index is 13.3. The minimum Gasteiger partial charge on any atom is -0.393 e. The first kappa shape index (κ1) is 21.3. The summed E-state index contributed by atoms with van der Waals surface area (Å²) >= 11 is 1.50. The van der Waals surface area contributed by atoms with Crippen LogP contribution in [-0.4, -0.2) is 28.6 Å². The molecule has 0 fully saturated rings. The lowest BCUT2D eigenvalue weighted by atomic mass is 9.90. The third-order valence-electron chi connectivity index (χ3n) is 6.07. The van der Waals surface area contributed by atoms with Gasteiger partial charge in [0, 0.05) is 26.7 Å². The maximum Gasteiger partial charge on any atom is 0.257 e. The highest BCUT2D eigenvalue weighted by Gasteiger charge is 2.36. The van der Waals surface area contributed by atoms with Crippen molar-refractivity contribution in [2.24, 2.45) is 0 Å². The molecule has 0 saturated heterocycles. The Hall–Kier alpha value is -3.52. The Balaban J connectivity index is 1.63. The van der Waals surface area contributed by atoms with Gasteiger partial charge < -0.3 is 20.8 Å². The minimum absolute atomic E-state index is 0.270. The van der Waals surface area contributed by atoms with Crippen molar-refractivity contribution >= 4 is 38.9 Å². The van der Waals surface area contributed by atoms with E-state index < -0.39 is 18.8 Å². The summed E-state index contributed by atoms with van der Waals surface area (Å²) in [5, 5.41) is 28.6. The van der Waals surface area contributed by atoms with Gasteiger partial charge in [-0.1, -0.05) is 48.5 Å². The lowest BCUT2D eigenvalue weighted by molar-refractivity contribution is 0.0894. The molecule has 2 amide bonds. The van der Waals surface area contributed by atoms with Gasteiger partial charge in [-0.2, -0.15) is 0 Å². The predicted molar refractivity (Wildman–Crippen MR) is 129 cm³/mol. The molecule has 4 aromatic rings. The van der Waals surface area contributed by atoms with E-state index in [0.29, 0.717) is 22.4 Å². The number of fused-ring (bicyclic) bond motifs is 2. The van der Waals surface area contributed by atoms with Crippen LogP contribution in [0.3, 0.4) is 0 Å². The molecule has 0 saturated carbocycles. The normalized spacial score (nSPS) is 15.8. The molecule has 1 aromatic heterocycles. The van der Waals surface area contributed by atoms with Gasteiger partial charge in [0.25, 0.3) is 11.8 Å². The number of anilines is 1. The fourth-order valence-electron chi connectivity index (χ4n) is 4.44. The van der Waals surface area contributed by atoms with E-state index >= 15 is 0 Å². The molecule has 6 nitrogen and oxygen atoms in total. The van der Waals surface area contributed by atoms with Crippen LogP contribution in [-0.2, 0) is 0 Å². The van der Waals surface area contributed by atoms with E-state index in [1.165, 1.54) is 11.3 Å². The zero-order chi connectivity index (χ0) is 23.1. The van der Waals surface area contributed by atoms with Crippen molar-refractivity contribution in [1.29, 1.82) is 0 Å². The average Bonchev–Trinajstić information content (AvgIpc) is 3.41. The quantitative estimate of drug-likeness (QED) is 0.358. The molecule has 1 aliphatic rings. The predicted octanol–water partition coefficient (Wildman–Crippen LogP) is 4.32. The fourth-order valence-corrected chi connectivity index (χ4v) is 5.38. The molecule has 2 unspecified atom stereocenters. The third kappa shape index (κ3) is 3.60. The van der Waals surface area contributed by atoms with E-state index in [9.17, 15) is 19.8 Å². The molecule has 166 valence electrons. The van der Waals surface area contributed by atoms with E-state index in [1.54, 1.807) is 12.1 Å². The second kappa shape index (κ2) is 8.44. The van der Waals surface area contributed by atoms with Crippen LogP contribution in [0.1, 0.15) is 55.1 Å². The topological polar surface area (TPSA) is 98.7 Å². The van der Waals surface area contributed by atoms with Gasteiger partial charge in [0.1, 0.15) is 6.10 Å². The summed E-state index contributed by atoms with van der Waals surface area (Å²) in [6, 6.07) is 18.2. The van der Waals surface area contributed by atoms with E-state index in [4.69, 9.17) is 0 Å². The van der Waals surface area contributed by atoms with Gasteiger partial charge in [-0.05, 0) is 35.7 Å². The smallest absolute Gasteiger partial charge is 0.257 e. The Morgan fingerprint density at radius 2 is 1.88 bits per heavy atom. The first-order valence-electron chi connectivity index (χ1n) is 10.6. The molecule has 0 bridgehead atoms. The molecule has 0 radical (unpaired) electrons. The van der Waals surface area contributed by atoms with Gasteiger partial charge >= 0.3 is 0 Å². The number of thiophene rings is 1. The number of amides is 2. The van der Waals surface area contributed by atoms with Crippen molar-refractivity contribution in [2.75, 3.05) is 11.9 Å². The number of hydrogen-bond acceptors (Lipinski definition) is 5. The number of rotatable bonds is 5. The molecule has 3 aromatic carbocycles. The summed E-state index contributed by atoms with van der Waals surface area (Å²) < 4.78 is 1.02. The molecule has 5 rings (SSSR count). The summed E-state index contributed by atoms with van der Waals surface area (Å²) in [5.74, 6) is -0.620. The van der Waals surface area contributed by atoms with Crippen LogP contribution in [0.15, 0.2) is 66.0 Å². The molecule has 2 heterocycles. The largest absolute Gasteiger partial charge is 0.393 e. The number of nitrogens with one attached hydrogen (secondary N) is 2. The highest BCUT2D eigenvalue weighted by atomic mass is 32.1. The van der Waals surface area contributed by atoms with Gasteiger partial charge in [0.05, 0.1) is 23.8 Å². The first-order chi connectivity index (χ1) is 16.0. The lowest BCUT2D eigenvalue weighted by Crippen LogP contribution is -2.21. The number of carbonyl (C=O) groups excluding carboxylic acids is 2. The Morgan fingerprint density at radius 1 is 1.12 bits per heavy atom. The summed E-state index contributed by atoms with van der Waals surface area (Å²) in [4.78, 5) is 26.3. The Labute approximate surface area is 194 Å². The van der Waals surface area contributed by atoms with Crippen LogP contribution in [0.4, 0.5) is 5.69 Å². The maximum absolute atomic E-state index is 13.3. The molecular weight excluding hydrogens is 436 g/mol. The first-order valence-corrected chi connectivity index (χ1v) is 11.5. The summed E-state index contributed by atoms with van der Waals surface area (Å²) in [6.07, 6.45) is -1.20. The van der Waals surface area contributed by atoms with Crippen LogP contribution in [0.5, 0.6) is 0 Å². The van der Waals surface area contributed by atoms with E-state index in [1.807, 2.05) is 60.8 Å². The van der Waals surface area contributed by atoms with Crippen molar-refractivity contribution in [1.82, 2.24) is 5.32 Å². The lowest BCUT2D eigenvalue weighted by Gasteiger charge is -2.20. The average molecular weight is 459 g/mol. The molecule has 2 atom stereocenters. The number of hydrogen-bond donors (Lipinski definition) is 4. The zero-order valence-corrected chi connectivity index (χ0v) is 18.6. The van der Waals surface area contributed by atoms with Crippen LogP contribution < -0.4 is 10.6 Å².